The van der Waals surface area contributed by atoms with Gasteiger partial charge in [-0.1, -0.05) is 30.8 Å². The van der Waals surface area contributed by atoms with Crippen molar-refractivity contribution in [3.8, 4) is 0 Å². The third-order valence-electron chi connectivity index (χ3n) is 3.12. The van der Waals surface area contributed by atoms with Crippen LogP contribution in [0.1, 0.15) is 22.8 Å². The monoisotopic (exact) mass is 307 g/mol. The molecule has 7 heteroatoms. The molecule has 0 unspecified atom stereocenters. The second-order valence-corrected chi connectivity index (χ2v) is 5.63. The summed E-state index contributed by atoms with van der Waals surface area (Å²) < 4.78 is 0. The van der Waals surface area contributed by atoms with Crippen molar-refractivity contribution in [3.05, 3.63) is 35.4 Å². The maximum atomic E-state index is 11.8. The number of nitrogens with zero attached hydrogens (tertiary/aromatic N) is 1. The van der Waals surface area contributed by atoms with Crippen molar-refractivity contribution >= 4 is 28.8 Å². The Hall–Kier alpha value is -2.02. The number of carbonyl (C=O) groups is 3. The predicted molar refractivity (Wildman–Crippen MR) is 80.9 cm³/mol. The van der Waals surface area contributed by atoms with E-state index in [-0.39, 0.29) is 17.7 Å². The number of benzene rings is 1. The van der Waals surface area contributed by atoms with Crippen molar-refractivity contribution in [2.24, 2.45) is 0 Å². The van der Waals surface area contributed by atoms with Crippen LogP contribution in [0.5, 0.6) is 0 Å². The fraction of sp³-hybridized carbons (Fsp3) is 0.357. The molecule has 1 heterocycles. The maximum Gasteiger partial charge on any atom is 0.282 e. The minimum Gasteiger partial charge on any atom is -0.323 e. The number of rotatable bonds is 4. The van der Waals surface area contributed by atoms with Gasteiger partial charge in [0.1, 0.15) is 6.54 Å². The van der Waals surface area contributed by atoms with Crippen molar-refractivity contribution < 1.29 is 14.4 Å². The molecule has 1 saturated heterocycles. The van der Waals surface area contributed by atoms with E-state index in [4.69, 9.17) is 0 Å². The van der Waals surface area contributed by atoms with Crippen molar-refractivity contribution in [2.75, 3.05) is 18.8 Å². The molecule has 0 aliphatic carbocycles. The van der Waals surface area contributed by atoms with E-state index in [1.165, 1.54) is 16.7 Å². The Labute approximate surface area is 127 Å². The van der Waals surface area contributed by atoms with Crippen LogP contribution in [-0.2, 0) is 11.2 Å². The molecule has 2 rings (SSSR count). The van der Waals surface area contributed by atoms with E-state index in [1.54, 1.807) is 12.1 Å². The number of aryl methyl sites for hydroxylation is 1. The van der Waals surface area contributed by atoms with Crippen LogP contribution in [0.15, 0.2) is 24.3 Å². The summed E-state index contributed by atoms with van der Waals surface area (Å²) in [5, 5.41) is -0.105. The molecule has 21 heavy (non-hydrogen) atoms. The molecule has 0 saturated carbocycles. The molecule has 0 atom stereocenters. The van der Waals surface area contributed by atoms with Gasteiger partial charge in [0.15, 0.2) is 0 Å². The van der Waals surface area contributed by atoms with Gasteiger partial charge in [-0.3, -0.25) is 25.2 Å². The average molecular weight is 307 g/mol. The van der Waals surface area contributed by atoms with Crippen molar-refractivity contribution in [1.29, 1.82) is 0 Å². The predicted octanol–water partition coefficient (Wildman–Crippen LogP) is 1.18. The zero-order chi connectivity index (χ0) is 15.2. The minimum absolute atomic E-state index is 0.0408. The number of nitrogens with one attached hydrogen (secondary N) is 2. The highest BCUT2D eigenvalue weighted by Gasteiger charge is 2.23. The molecule has 1 aliphatic heterocycles. The quantitative estimate of drug-likeness (QED) is 0.819. The smallest absolute Gasteiger partial charge is 0.282 e. The van der Waals surface area contributed by atoms with Crippen LogP contribution in [0.25, 0.3) is 0 Å². The van der Waals surface area contributed by atoms with E-state index in [9.17, 15) is 14.4 Å². The summed E-state index contributed by atoms with van der Waals surface area (Å²) in [6.45, 7) is 2.55. The molecule has 1 aliphatic rings. The van der Waals surface area contributed by atoms with Crippen LogP contribution in [0.3, 0.4) is 0 Å². The Morgan fingerprint density at radius 3 is 2.52 bits per heavy atom. The van der Waals surface area contributed by atoms with E-state index in [0.717, 1.165) is 12.0 Å². The first-order valence-electron chi connectivity index (χ1n) is 6.70. The van der Waals surface area contributed by atoms with Gasteiger partial charge >= 0.3 is 0 Å². The summed E-state index contributed by atoms with van der Waals surface area (Å²) in [5.41, 5.74) is 6.27. The normalized spacial score (nSPS) is 14.1. The number of hydrazine groups is 1. The van der Waals surface area contributed by atoms with Gasteiger partial charge in [0.2, 0.25) is 0 Å². The first-order chi connectivity index (χ1) is 10.1. The zero-order valence-electron chi connectivity index (χ0n) is 11.7. The molecule has 3 amide bonds. The number of hydrogen-bond donors (Lipinski definition) is 2. The van der Waals surface area contributed by atoms with E-state index in [1.807, 2.05) is 19.1 Å². The van der Waals surface area contributed by atoms with Crippen LogP contribution in [0.4, 0.5) is 4.79 Å². The average Bonchev–Trinajstić information content (AvgIpc) is 2.90. The van der Waals surface area contributed by atoms with Gasteiger partial charge in [0, 0.05) is 17.9 Å². The molecule has 2 N–H and O–H groups in total. The molecule has 0 spiro atoms. The van der Waals surface area contributed by atoms with Crippen molar-refractivity contribution in [2.45, 2.75) is 13.3 Å². The van der Waals surface area contributed by atoms with Gasteiger partial charge in [-0.2, -0.15) is 0 Å². The zero-order valence-corrected chi connectivity index (χ0v) is 12.5. The number of carbonyl (C=O) groups excluding carboxylic acids is 3. The lowest BCUT2D eigenvalue weighted by Gasteiger charge is -2.14. The summed E-state index contributed by atoms with van der Waals surface area (Å²) in [7, 11) is 0. The molecule has 0 bridgehead atoms. The first-order valence-corrected chi connectivity index (χ1v) is 7.68. The van der Waals surface area contributed by atoms with Crippen molar-refractivity contribution in [3.63, 3.8) is 0 Å². The molecule has 0 aromatic heterocycles. The van der Waals surface area contributed by atoms with Crippen LogP contribution in [-0.4, -0.2) is 40.8 Å². The molecule has 0 radical (unpaired) electrons. The van der Waals surface area contributed by atoms with Gasteiger partial charge in [0.05, 0.1) is 0 Å². The Morgan fingerprint density at radius 2 is 1.95 bits per heavy atom. The first kappa shape index (κ1) is 15.4. The summed E-state index contributed by atoms with van der Waals surface area (Å²) in [5.74, 6) is -0.0973. The Morgan fingerprint density at radius 1 is 1.24 bits per heavy atom. The molecule has 1 aromatic carbocycles. The van der Waals surface area contributed by atoms with Gasteiger partial charge < -0.3 is 4.90 Å². The molecule has 112 valence electrons. The number of hydrogen-bond acceptors (Lipinski definition) is 4. The topological polar surface area (TPSA) is 78.5 Å². The molecule has 1 fully saturated rings. The highest BCUT2D eigenvalue weighted by Crippen LogP contribution is 2.16. The summed E-state index contributed by atoms with van der Waals surface area (Å²) in [4.78, 5) is 36.3. The number of thioether (sulfide) groups is 1. The highest BCUT2D eigenvalue weighted by atomic mass is 32.2. The second kappa shape index (κ2) is 7.12. The SMILES string of the molecule is CCc1ccc(C(=O)NNC(=O)CN2CCSC2=O)cc1. The van der Waals surface area contributed by atoms with E-state index in [2.05, 4.69) is 10.9 Å². The largest absolute Gasteiger partial charge is 0.323 e. The van der Waals surface area contributed by atoms with Gasteiger partial charge in [-0.05, 0) is 24.1 Å². The molecular weight excluding hydrogens is 290 g/mol. The summed E-state index contributed by atoms with van der Waals surface area (Å²) >= 11 is 1.19. The second-order valence-electron chi connectivity index (χ2n) is 4.59. The Kier molecular flexibility index (Phi) is 5.21. The van der Waals surface area contributed by atoms with Crippen LogP contribution in [0.2, 0.25) is 0 Å². The lowest BCUT2D eigenvalue weighted by atomic mass is 10.1. The summed E-state index contributed by atoms with van der Waals surface area (Å²) in [6, 6.07) is 7.16. The van der Waals surface area contributed by atoms with Gasteiger partial charge in [-0.25, -0.2) is 0 Å². The third kappa shape index (κ3) is 4.22. The fourth-order valence-corrected chi connectivity index (χ4v) is 2.70. The van der Waals surface area contributed by atoms with Crippen LogP contribution >= 0.6 is 11.8 Å². The Bertz CT molecular complexity index is 545. The summed E-state index contributed by atoms with van der Waals surface area (Å²) in [6.07, 6.45) is 0.903. The maximum absolute atomic E-state index is 11.8. The Balaban J connectivity index is 1.79. The van der Waals surface area contributed by atoms with E-state index < -0.39 is 5.91 Å². The fourth-order valence-electron chi connectivity index (χ4n) is 1.87. The van der Waals surface area contributed by atoms with Crippen LogP contribution in [0, 0.1) is 0 Å². The number of amides is 3. The van der Waals surface area contributed by atoms with Gasteiger partial charge in [-0.15, -0.1) is 0 Å². The molecule has 1 aromatic rings. The molecular formula is C14H17N3O3S. The standard InChI is InChI=1S/C14H17N3O3S/c1-2-10-3-5-11(6-4-10)13(19)16-15-12(18)9-17-7-8-21-14(17)20/h3-6H,2,7-9H2,1H3,(H,15,18)(H,16,19). The van der Waals surface area contributed by atoms with Gasteiger partial charge in [0.25, 0.3) is 17.1 Å². The van der Waals surface area contributed by atoms with Crippen molar-refractivity contribution in [1.82, 2.24) is 15.8 Å². The van der Waals surface area contributed by atoms with E-state index >= 15 is 0 Å². The third-order valence-corrected chi connectivity index (χ3v) is 4.01. The van der Waals surface area contributed by atoms with Crippen LogP contribution < -0.4 is 10.9 Å². The lowest BCUT2D eigenvalue weighted by Crippen LogP contribution is -2.46. The van der Waals surface area contributed by atoms with E-state index in [0.29, 0.717) is 17.9 Å². The highest BCUT2D eigenvalue weighted by molar-refractivity contribution is 8.13. The lowest BCUT2D eigenvalue weighted by molar-refractivity contribution is -0.122. The minimum atomic E-state index is -0.413. The molecule has 6 nitrogen and oxygen atoms in total.